The van der Waals surface area contributed by atoms with Gasteiger partial charge in [0.25, 0.3) is 0 Å². The molecule has 0 bridgehead atoms. The third-order valence-corrected chi connectivity index (χ3v) is 5.63. The first-order valence-electron chi connectivity index (χ1n) is 11.3. The quantitative estimate of drug-likeness (QED) is 0.340. The lowest BCUT2D eigenvalue weighted by Gasteiger charge is -2.44. The van der Waals surface area contributed by atoms with E-state index in [1.54, 1.807) is 6.92 Å². The van der Waals surface area contributed by atoms with Crippen molar-refractivity contribution in [3.8, 4) is 0 Å². The highest BCUT2D eigenvalue weighted by atomic mass is 16.7. The second kappa shape index (κ2) is 11.7. The lowest BCUT2D eigenvalue weighted by molar-refractivity contribution is -0.313. The summed E-state index contributed by atoms with van der Waals surface area (Å²) in [4.78, 5) is 23.8. The van der Waals surface area contributed by atoms with Crippen molar-refractivity contribution in [2.45, 2.75) is 123 Å². The number of aliphatic hydroxyl groups is 3. The normalized spacial score (nSPS) is 28.8. The van der Waals surface area contributed by atoms with Gasteiger partial charge in [0.2, 0.25) is 0 Å². The van der Waals surface area contributed by atoms with E-state index in [4.69, 9.17) is 19.3 Å². The Morgan fingerprint density at radius 1 is 1.00 bits per heavy atom. The van der Waals surface area contributed by atoms with Gasteiger partial charge in [0.05, 0.1) is 25.0 Å². The number of aliphatic hydroxyl groups excluding tert-OH is 3. The van der Waals surface area contributed by atoms with Crippen LogP contribution in [0.3, 0.4) is 0 Å². The van der Waals surface area contributed by atoms with Crippen LogP contribution in [0.1, 0.15) is 80.6 Å². The average molecular weight is 463 g/mol. The summed E-state index contributed by atoms with van der Waals surface area (Å²) in [5.74, 6) is -1.65. The van der Waals surface area contributed by atoms with Crippen molar-refractivity contribution < 1.29 is 44.2 Å². The first kappa shape index (κ1) is 28.8. The summed E-state index contributed by atoms with van der Waals surface area (Å²) < 4.78 is 17.1. The Morgan fingerprint density at radius 3 is 2.09 bits per heavy atom. The standard InChI is InChI=1S/C23H42O9/c1-8-9-14(10-16(24)25)31-17(26)11-15(23(6,7)12-22(3,4)5)32-21-20(29)19(28)18(27)13(2)30-21/h13-15,18-21,27-29H,8-12H2,1-7H3,(H,24,25)/t13?,14-,15+,18?,19?,20?,21?/m0/s1. The molecule has 0 radical (unpaired) electrons. The van der Waals surface area contributed by atoms with E-state index >= 15 is 0 Å². The van der Waals surface area contributed by atoms with Crippen LogP contribution in [-0.4, -0.2) is 75.3 Å². The fraction of sp³-hybridized carbons (Fsp3) is 0.913. The van der Waals surface area contributed by atoms with Crippen LogP contribution < -0.4 is 0 Å². The van der Waals surface area contributed by atoms with E-state index in [-0.39, 0.29) is 18.3 Å². The maximum atomic E-state index is 12.7. The molecule has 1 heterocycles. The van der Waals surface area contributed by atoms with E-state index in [0.29, 0.717) is 19.3 Å². The largest absolute Gasteiger partial charge is 0.481 e. The maximum absolute atomic E-state index is 12.7. The zero-order valence-electron chi connectivity index (χ0n) is 20.4. The fourth-order valence-electron chi connectivity index (χ4n) is 4.38. The SMILES string of the molecule is CCC[C@@H](CC(=O)O)OC(=O)C[C@@H](OC1OC(C)C(O)C(O)C1O)C(C)(C)CC(C)(C)C. The number of carboxylic acid groups (broad SMARTS) is 1. The molecule has 1 fully saturated rings. The number of aliphatic carboxylic acids is 1. The molecular formula is C23H42O9. The smallest absolute Gasteiger partial charge is 0.308 e. The van der Waals surface area contributed by atoms with Gasteiger partial charge in [0.15, 0.2) is 6.29 Å². The predicted molar refractivity (Wildman–Crippen MR) is 117 cm³/mol. The number of hydrogen-bond donors (Lipinski definition) is 4. The summed E-state index contributed by atoms with van der Waals surface area (Å²) in [6, 6.07) is 0. The molecule has 1 saturated heterocycles. The third-order valence-electron chi connectivity index (χ3n) is 5.63. The van der Waals surface area contributed by atoms with Crippen molar-refractivity contribution >= 4 is 11.9 Å². The summed E-state index contributed by atoms with van der Waals surface area (Å²) in [6.07, 6.45) is -6.41. The lowest BCUT2D eigenvalue weighted by Crippen LogP contribution is -2.58. The molecule has 5 unspecified atom stereocenters. The van der Waals surface area contributed by atoms with Crippen LogP contribution in [0, 0.1) is 10.8 Å². The van der Waals surface area contributed by atoms with Gasteiger partial charge in [-0.2, -0.15) is 0 Å². The Balaban J connectivity index is 3.05. The molecule has 1 rings (SSSR count). The van der Waals surface area contributed by atoms with Crippen LogP contribution in [0.5, 0.6) is 0 Å². The molecule has 4 N–H and O–H groups in total. The Morgan fingerprint density at radius 2 is 1.59 bits per heavy atom. The van der Waals surface area contributed by atoms with Gasteiger partial charge in [0.1, 0.15) is 24.4 Å². The molecule has 0 aromatic carbocycles. The molecule has 0 spiro atoms. The third kappa shape index (κ3) is 8.94. The lowest BCUT2D eigenvalue weighted by atomic mass is 9.72. The van der Waals surface area contributed by atoms with Crippen LogP contribution in [0.2, 0.25) is 0 Å². The van der Waals surface area contributed by atoms with Crippen molar-refractivity contribution in [3.05, 3.63) is 0 Å². The van der Waals surface area contributed by atoms with E-state index in [1.165, 1.54) is 0 Å². The highest BCUT2D eigenvalue weighted by molar-refractivity contribution is 5.72. The van der Waals surface area contributed by atoms with Crippen molar-refractivity contribution in [2.75, 3.05) is 0 Å². The molecule has 9 nitrogen and oxygen atoms in total. The van der Waals surface area contributed by atoms with Gasteiger partial charge < -0.3 is 34.6 Å². The number of carbonyl (C=O) groups is 2. The molecule has 188 valence electrons. The Labute approximate surface area is 191 Å². The molecule has 1 aliphatic rings. The molecule has 1 aliphatic heterocycles. The van der Waals surface area contributed by atoms with Gasteiger partial charge in [-0.15, -0.1) is 0 Å². The van der Waals surface area contributed by atoms with Crippen LogP contribution in [0.15, 0.2) is 0 Å². The maximum Gasteiger partial charge on any atom is 0.308 e. The van der Waals surface area contributed by atoms with Gasteiger partial charge in [-0.25, -0.2) is 0 Å². The summed E-state index contributed by atoms with van der Waals surface area (Å²) in [5, 5.41) is 39.5. The van der Waals surface area contributed by atoms with Gasteiger partial charge in [-0.1, -0.05) is 48.0 Å². The first-order chi connectivity index (χ1) is 14.6. The van der Waals surface area contributed by atoms with Gasteiger partial charge in [-0.3, -0.25) is 9.59 Å². The summed E-state index contributed by atoms with van der Waals surface area (Å²) >= 11 is 0. The fourth-order valence-corrected chi connectivity index (χ4v) is 4.38. The molecule has 0 aromatic heterocycles. The number of carbonyl (C=O) groups excluding carboxylic acids is 1. The molecule has 0 aromatic rings. The Hall–Kier alpha value is -1.26. The first-order valence-corrected chi connectivity index (χ1v) is 11.3. The van der Waals surface area contributed by atoms with Gasteiger partial charge >= 0.3 is 11.9 Å². The average Bonchev–Trinajstić information content (AvgIpc) is 2.61. The number of esters is 1. The van der Waals surface area contributed by atoms with Crippen molar-refractivity contribution in [3.63, 3.8) is 0 Å². The number of carboxylic acids is 1. The van der Waals surface area contributed by atoms with Crippen molar-refractivity contribution in [2.24, 2.45) is 10.8 Å². The second-order valence-corrected chi connectivity index (χ2v) is 10.7. The summed E-state index contributed by atoms with van der Waals surface area (Å²) in [6.45, 7) is 13.5. The number of hydrogen-bond acceptors (Lipinski definition) is 8. The van der Waals surface area contributed by atoms with Gasteiger partial charge in [-0.05, 0) is 30.6 Å². The zero-order valence-corrected chi connectivity index (χ0v) is 20.4. The van der Waals surface area contributed by atoms with Crippen molar-refractivity contribution in [1.29, 1.82) is 0 Å². The highest BCUT2D eigenvalue weighted by Gasteiger charge is 2.46. The predicted octanol–water partition coefficient (Wildman–Crippen LogP) is 2.24. The van der Waals surface area contributed by atoms with Crippen LogP contribution in [-0.2, 0) is 23.8 Å². The van der Waals surface area contributed by atoms with Crippen LogP contribution in [0.4, 0.5) is 0 Å². The molecule has 7 atom stereocenters. The van der Waals surface area contributed by atoms with E-state index < -0.39 is 60.3 Å². The van der Waals surface area contributed by atoms with E-state index in [9.17, 15) is 24.9 Å². The molecule has 0 aliphatic carbocycles. The minimum Gasteiger partial charge on any atom is -0.481 e. The second-order valence-electron chi connectivity index (χ2n) is 10.7. The number of ether oxygens (including phenoxy) is 3. The van der Waals surface area contributed by atoms with Crippen LogP contribution in [0.25, 0.3) is 0 Å². The van der Waals surface area contributed by atoms with E-state index in [0.717, 1.165) is 0 Å². The van der Waals surface area contributed by atoms with Gasteiger partial charge in [0, 0.05) is 0 Å². The minimum absolute atomic E-state index is 0.0991. The van der Waals surface area contributed by atoms with E-state index in [1.807, 2.05) is 20.8 Å². The monoisotopic (exact) mass is 462 g/mol. The topological polar surface area (TPSA) is 143 Å². The Kier molecular flexibility index (Phi) is 10.6. The zero-order chi connectivity index (χ0) is 24.9. The highest BCUT2D eigenvalue weighted by Crippen LogP contribution is 2.40. The summed E-state index contributed by atoms with van der Waals surface area (Å²) in [7, 11) is 0. The molecule has 32 heavy (non-hydrogen) atoms. The van der Waals surface area contributed by atoms with Crippen LogP contribution >= 0.6 is 0 Å². The molecule has 0 amide bonds. The number of rotatable bonds is 11. The molecular weight excluding hydrogens is 420 g/mol. The van der Waals surface area contributed by atoms with Crippen molar-refractivity contribution in [1.82, 2.24) is 0 Å². The molecule has 9 heteroatoms. The summed E-state index contributed by atoms with van der Waals surface area (Å²) in [5.41, 5.74) is -0.657. The Bertz CT molecular complexity index is 613. The minimum atomic E-state index is -1.50. The van der Waals surface area contributed by atoms with E-state index in [2.05, 4.69) is 20.8 Å². The molecule has 0 saturated carbocycles.